The fourth-order valence-electron chi connectivity index (χ4n) is 1.78. The highest BCUT2D eigenvalue weighted by atomic mass is 35.5. The summed E-state index contributed by atoms with van der Waals surface area (Å²) < 4.78 is 26.4. The van der Waals surface area contributed by atoms with Gasteiger partial charge in [-0.05, 0) is 31.0 Å². The summed E-state index contributed by atoms with van der Waals surface area (Å²) in [4.78, 5) is 0. The van der Waals surface area contributed by atoms with Crippen LogP contribution in [0.5, 0.6) is 0 Å². The Morgan fingerprint density at radius 3 is 2.80 bits per heavy atom. The number of rotatable bonds is 7. The minimum Gasteiger partial charge on any atom is -0.284 e. The zero-order valence-corrected chi connectivity index (χ0v) is 12.4. The number of aromatic amines is 1. The monoisotopic (exact) mass is 313 g/mol. The van der Waals surface area contributed by atoms with Crippen LogP contribution in [0.2, 0.25) is 0 Å². The molecule has 0 aliphatic carbocycles. The number of nitrogens with one attached hydrogen (secondary N) is 2. The number of hydrogen-bond donors (Lipinski definition) is 2. The molecule has 0 atom stereocenters. The average Bonchev–Trinajstić information content (AvgIpc) is 2.92. The van der Waals surface area contributed by atoms with Gasteiger partial charge in [0.1, 0.15) is 0 Å². The smallest absolute Gasteiger partial charge is 0.232 e. The van der Waals surface area contributed by atoms with E-state index in [1.54, 1.807) is 24.4 Å². The van der Waals surface area contributed by atoms with E-state index in [-0.39, 0.29) is 5.75 Å². The van der Waals surface area contributed by atoms with Crippen LogP contribution < -0.4 is 4.72 Å². The topological polar surface area (TPSA) is 74.8 Å². The first-order chi connectivity index (χ1) is 9.61. The second kappa shape index (κ2) is 6.76. The second-order valence-corrected chi connectivity index (χ2v) is 6.59. The molecule has 1 aromatic carbocycles. The molecule has 0 aliphatic heterocycles. The van der Waals surface area contributed by atoms with E-state index in [1.165, 1.54) is 0 Å². The van der Waals surface area contributed by atoms with Crippen molar-refractivity contribution in [1.29, 1.82) is 0 Å². The maximum Gasteiger partial charge on any atom is 0.232 e. The number of sulfonamides is 1. The molecule has 0 aliphatic rings. The maximum atomic E-state index is 11.9. The molecule has 20 heavy (non-hydrogen) atoms. The largest absolute Gasteiger partial charge is 0.284 e. The summed E-state index contributed by atoms with van der Waals surface area (Å²) in [6.07, 6.45) is 2.90. The molecule has 0 bridgehead atoms. The minimum absolute atomic E-state index is 0.0774. The highest BCUT2D eigenvalue weighted by Crippen LogP contribution is 2.21. The van der Waals surface area contributed by atoms with Crippen molar-refractivity contribution >= 4 is 27.3 Å². The van der Waals surface area contributed by atoms with Crippen LogP contribution in [-0.4, -0.2) is 30.2 Å². The summed E-state index contributed by atoms with van der Waals surface area (Å²) in [5.74, 6) is 0.554. The molecule has 0 radical (unpaired) electrons. The molecule has 0 spiro atoms. The molecular formula is C13H16ClN3O2S. The number of H-pyrrole nitrogens is 1. The Kier molecular flexibility index (Phi) is 5.03. The van der Waals surface area contributed by atoms with Crippen LogP contribution in [0.4, 0.5) is 5.69 Å². The lowest BCUT2D eigenvalue weighted by molar-refractivity contribution is 0.598. The summed E-state index contributed by atoms with van der Waals surface area (Å²) >= 11 is 5.54. The van der Waals surface area contributed by atoms with Gasteiger partial charge in [0.25, 0.3) is 0 Å². The van der Waals surface area contributed by atoms with Gasteiger partial charge in [0.15, 0.2) is 0 Å². The highest BCUT2D eigenvalue weighted by molar-refractivity contribution is 7.92. The van der Waals surface area contributed by atoms with Crippen LogP contribution in [0.3, 0.4) is 0 Å². The van der Waals surface area contributed by atoms with E-state index in [4.69, 9.17) is 11.6 Å². The number of halogens is 1. The van der Waals surface area contributed by atoms with Gasteiger partial charge in [0.2, 0.25) is 10.0 Å². The van der Waals surface area contributed by atoms with Crippen molar-refractivity contribution in [1.82, 2.24) is 10.2 Å². The molecule has 7 heteroatoms. The van der Waals surface area contributed by atoms with Crippen LogP contribution in [0.1, 0.15) is 12.8 Å². The summed E-state index contributed by atoms with van der Waals surface area (Å²) in [7, 11) is -3.33. The van der Waals surface area contributed by atoms with Gasteiger partial charge in [-0.3, -0.25) is 9.82 Å². The lowest BCUT2D eigenvalue weighted by atomic mass is 10.1. The summed E-state index contributed by atoms with van der Waals surface area (Å²) in [5, 5.41) is 6.72. The van der Waals surface area contributed by atoms with E-state index in [1.807, 2.05) is 12.1 Å². The molecule has 0 fully saturated rings. The van der Waals surface area contributed by atoms with Crippen LogP contribution in [0.15, 0.2) is 36.5 Å². The van der Waals surface area contributed by atoms with Crippen molar-refractivity contribution in [2.24, 2.45) is 0 Å². The predicted octanol–water partition coefficient (Wildman–Crippen LogP) is 2.84. The first kappa shape index (κ1) is 14.9. The standard InChI is InChI=1S/C13H16ClN3O2S/c14-7-1-2-9-20(18,19)17-12-5-3-4-11(10-12)13-6-8-15-16-13/h3-6,8,10,17H,1-2,7,9H2,(H,15,16). The molecule has 1 heterocycles. The van der Waals surface area contributed by atoms with E-state index < -0.39 is 10.0 Å². The molecule has 108 valence electrons. The van der Waals surface area contributed by atoms with Gasteiger partial charge >= 0.3 is 0 Å². The first-order valence-electron chi connectivity index (χ1n) is 6.27. The molecule has 0 unspecified atom stereocenters. The van der Waals surface area contributed by atoms with E-state index in [0.717, 1.165) is 11.3 Å². The van der Waals surface area contributed by atoms with Crippen molar-refractivity contribution in [3.63, 3.8) is 0 Å². The zero-order chi connectivity index (χ0) is 14.4. The van der Waals surface area contributed by atoms with Crippen LogP contribution >= 0.6 is 11.6 Å². The first-order valence-corrected chi connectivity index (χ1v) is 8.46. The fourth-order valence-corrected chi connectivity index (χ4v) is 3.15. The molecule has 0 saturated carbocycles. The third-order valence-electron chi connectivity index (χ3n) is 2.74. The van der Waals surface area contributed by atoms with Crippen LogP contribution in [-0.2, 0) is 10.0 Å². The number of unbranched alkanes of at least 4 members (excludes halogenated alkanes) is 1. The number of benzene rings is 1. The van der Waals surface area contributed by atoms with Gasteiger partial charge in [-0.25, -0.2) is 8.42 Å². The molecular weight excluding hydrogens is 298 g/mol. The maximum absolute atomic E-state index is 11.9. The molecule has 0 saturated heterocycles. The summed E-state index contributed by atoms with van der Waals surface area (Å²) in [5.41, 5.74) is 2.26. The average molecular weight is 314 g/mol. The van der Waals surface area contributed by atoms with Crippen LogP contribution in [0, 0.1) is 0 Å². The van der Waals surface area contributed by atoms with E-state index >= 15 is 0 Å². The zero-order valence-electron chi connectivity index (χ0n) is 10.8. The lowest BCUT2D eigenvalue weighted by Gasteiger charge is -2.08. The van der Waals surface area contributed by atoms with Gasteiger partial charge in [-0.15, -0.1) is 11.6 Å². The Morgan fingerprint density at radius 1 is 1.25 bits per heavy atom. The predicted molar refractivity (Wildman–Crippen MR) is 81.4 cm³/mol. The summed E-state index contributed by atoms with van der Waals surface area (Å²) in [6, 6.07) is 9.01. The molecule has 0 amide bonds. The Balaban J connectivity index is 2.08. The van der Waals surface area contributed by atoms with Gasteiger partial charge in [0.05, 0.1) is 11.4 Å². The highest BCUT2D eigenvalue weighted by Gasteiger charge is 2.10. The number of hydrogen-bond acceptors (Lipinski definition) is 3. The van der Waals surface area contributed by atoms with Crippen molar-refractivity contribution in [3.05, 3.63) is 36.5 Å². The van der Waals surface area contributed by atoms with E-state index in [9.17, 15) is 8.42 Å². The molecule has 5 nitrogen and oxygen atoms in total. The third kappa shape index (κ3) is 4.25. The van der Waals surface area contributed by atoms with Gasteiger partial charge < -0.3 is 0 Å². The molecule has 2 rings (SSSR count). The van der Waals surface area contributed by atoms with Crippen molar-refractivity contribution in [2.75, 3.05) is 16.4 Å². The van der Waals surface area contributed by atoms with Gasteiger partial charge in [-0.1, -0.05) is 12.1 Å². The second-order valence-electron chi connectivity index (χ2n) is 4.37. The van der Waals surface area contributed by atoms with Gasteiger partial charge in [0, 0.05) is 23.3 Å². The number of alkyl halides is 1. The lowest BCUT2D eigenvalue weighted by Crippen LogP contribution is -2.16. The minimum atomic E-state index is -3.33. The Morgan fingerprint density at radius 2 is 2.10 bits per heavy atom. The third-order valence-corrected chi connectivity index (χ3v) is 4.38. The Hall–Kier alpha value is -1.53. The number of nitrogens with zero attached hydrogens (tertiary/aromatic N) is 1. The molecule has 2 aromatic rings. The van der Waals surface area contributed by atoms with Crippen LogP contribution in [0.25, 0.3) is 11.3 Å². The SMILES string of the molecule is O=S(=O)(CCCCCl)Nc1cccc(-c2ccn[nH]2)c1. The van der Waals surface area contributed by atoms with E-state index in [0.29, 0.717) is 24.4 Å². The summed E-state index contributed by atoms with van der Waals surface area (Å²) in [6.45, 7) is 0. The quantitative estimate of drug-likeness (QED) is 0.609. The van der Waals surface area contributed by atoms with Crippen molar-refractivity contribution < 1.29 is 8.42 Å². The van der Waals surface area contributed by atoms with Crippen molar-refractivity contribution in [3.8, 4) is 11.3 Å². The Bertz CT molecular complexity index is 641. The normalized spacial score (nSPS) is 11.4. The van der Waals surface area contributed by atoms with E-state index in [2.05, 4.69) is 14.9 Å². The molecule has 1 aromatic heterocycles. The number of aromatic nitrogens is 2. The van der Waals surface area contributed by atoms with Gasteiger partial charge in [-0.2, -0.15) is 5.10 Å². The molecule has 2 N–H and O–H groups in total. The fraction of sp³-hybridized carbons (Fsp3) is 0.308. The number of anilines is 1. The van der Waals surface area contributed by atoms with Crippen molar-refractivity contribution in [2.45, 2.75) is 12.8 Å². The Labute approximate surface area is 123 Å².